The highest BCUT2D eigenvalue weighted by Crippen LogP contribution is 2.27. The lowest BCUT2D eigenvalue weighted by atomic mass is 10.2. The summed E-state index contributed by atoms with van der Waals surface area (Å²) in [4.78, 5) is 14.9. The molecule has 1 rings (SSSR count). The van der Waals surface area contributed by atoms with Crippen LogP contribution in [-0.2, 0) is 0 Å². The van der Waals surface area contributed by atoms with Crippen molar-refractivity contribution >= 4 is 29.2 Å². The van der Waals surface area contributed by atoms with Gasteiger partial charge in [-0.15, -0.1) is 11.8 Å². The number of carbonyl (C=O) groups is 1. The average molecular weight is 281 g/mol. The molecule has 0 aliphatic carbocycles. The zero-order valence-corrected chi connectivity index (χ0v) is 12.7. The number of nitrogen functional groups attached to an aromatic ring is 1. The summed E-state index contributed by atoms with van der Waals surface area (Å²) in [5, 5.41) is 2.88. The van der Waals surface area contributed by atoms with Crippen molar-refractivity contribution in [3.63, 3.8) is 0 Å². The maximum absolute atomic E-state index is 12.0. The first-order valence-electron chi connectivity index (χ1n) is 6.70. The SMILES string of the molecule is CCCSc1ccc(N)c(NC(=O)N(CC)CC)c1. The van der Waals surface area contributed by atoms with E-state index in [9.17, 15) is 4.79 Å². The van der Waals surface area contributed by atoms with Crippen molar-refractivity contribution < 1.29 is 4.79 Å². The fourth-order valence-corrected chi connectivity index (χ4v) is 2.46. The molecule has 0 aliphatic rings. The molecule has 5 heteroatoms. The second kappa shape index (κ2) is 7.94. The van der Waals surface area contributed by atoms with Gasteiger partial charge in [0.2, 0.25) is 0 Å². The predicted octanol–water partition coefficient (Wildman–Crippen LogP) is 3.64. The lowest BCUT2D eigenvalue weighted by molar-refractivity contribution is 0.217. The summed E-state index contributed by atoms with van der Waals surface area (Å²) in [6, 6.07) is 5.67. The van der Waals surface area contributed by atoms with Crippen molar-refractivity contribution in [2.24, 2.45) is 0 Å². The molecule has 0 saturated carbocycles. The number of rotatable bonds is 6. The zero-order chi connectivity index (χ0) is 14.3. The number of carbonyl (C=O) groups excluding carboxylic acids is 1. The van der Waals surface area contributed by atoms with Crippen LogP contribution in [0.15, 0.2) is 23.1 Å². The van der Waals surface area contributed by atoms with Gasteiger partial charge in [-0.25, -0.2) is 4.79 Å². The molecule has 19 heavy (non-hydrogen) atoms. The number of benzene rings is 1. The number of nitrogens with zero attached hydrogens (tertiary/aromatic N) is 1. The van der Waals surface area contributed by atoms with Gasteiger partial charge in [0.05, 0.1) is 11.4 Å². The maximum atomic E-state index is 12.0. The van der Waals surface area contributed by atoms with E-state index >= 15 is 0 Å². The molecule has 0 fully saturated rings. The molecule has 0 aliphatic heterocycles. The summed E-state index contributed by atoms with van der Waals surface area (Å²) in [7, 11) is 0. The topological polar surface area (TPSA) is 58.4 Å². The van der Waals surface area contributed by atoms with E-state index in [1.54, 1.807) is 16.7 Å². The van der Waals surface area contributed by atoms with Crippen molar-refractivity contribution in [3.8, 4) is 0 Å². The van der Waals surface area contributed by atoms with E-state index in [4.69, 9.17) is 5.73 Å². The largest absolute Gasteiger partial charge is 0.397 e. The highest BCUT2D eigenvalue weighted by atomic mass is 32.2. The molecule has 0 radical (unpaired) electrons. The number of nitrogens with two attached hydrogens (primary N) is 1. The molecule has 106 valence electrons. The van der Waals surface area contributed by atoms with E-state index < -0.39 is 0 Å². The fourth-order valence-electron chi connectivity index (χ4n) is 1.66. The summed E-state index contributed by atoms with van der Waals surface area (Å²) in [6.45, 7) is 7.44. The Hall–Kier alpha value is -1.36. The second-order valence-corrected chi connectivity index (χ2v) is 5.37. The highest BCUT2D eigenvalue weighted by Gasteiger charge is 2.11. The van der Waals surface area contributed by atoms with Crippen LogP contribution in [0, 0.1) is 0 Å². The van der Waals surface area contributed by atoms with Crippen LogP contribution < -0.4 is 11.1 Å². The van der Waals surface area contributed by atoms with E-state index in [0.717, 1.165) is 17.1 Å². The van der Waals surface area contributed by atoms with Crippen LogP contribution >= 0.6 is 11.8 Å². The van der Waals surface area contributed by atoms with Crippen LogP contribution in [-0.4, -0.2) is 29.8 Å². The monoisotopic (exact) mass is 281 g/mol. The minimum absolute atomic E-state index is 0.102. The number of amides is 2. The molecule has 0 saturated heterocycles. The molecule has 0 bridgehead atoms. The quantitative estimate of drug-likeness (QED) is 0.618. The second-order valence-electron chi connectivity index (χ2n) is 4.20. The molecule has 0 heterocycles. The first-order valence-corrected chi connectivity index (χ1v) is 7.69. The van der Waals surface area contributed by atoms with Crippen LogP contribution in [0.4, 0.5) is 16.2 Å². The number of hydrogen-bond donors (Lipinski definition) is 2. The van der Waals surface area contributed by atoms with Gasteiger partial charge in [-0.1, -0.05) is 6.92 Å². The van der Waals surface area contributed by atoms with Gasteiger partial charge in [0, 0.05) is 18.0 Å². The Bertz CT molecular complexity index is 419. The first-order chi connectivity index (χ1) is 9.12. The standard InChI is InChI=1S/C14H23N3OS/c1-4-9-19-11-7-8-12(15)13(10-11)16-14(18)17(5-2)6-3/h7-8,10H,4-6,9,15H2,1-3H3,(H,16,18). The summed E-state index contributed by atoms with van der Waals surface area (Å²) in [5.41, 5.74) is 7.20. The van der Waals surface area contributed by atoms with Crippen molar-refractivity contribution in [3.05, 3.63) is 18.2 Å². The van der Waals surface area contributed by atoms with E-state index in [1.165, 1.54) is 0 Å². The number of thioether (sulfide) groups is 1. The van der Waals surface area contributed by atoms with Gasteiger partial charge in [-0.3, -0.25) is 0 Å². The number of hydrogen-bond acceptors (Lipinski definition) is 3. The molecule has 2 amide bonds. The van der Waals surface area contributed by atoms with E-state index in [-0.39, 0.29) is 6.03 Å². The Morgan fingerprint density at radius 3 is 2.58 bits per heavy atom. The lowest BCUT2D eigenvalue weighted by Crippen LogP contribution is -2.34. The molecular weight excluding hydrogens is 258 g/mol. The van der Waals surface area contributed by atoms with Gasteiger partial charge in [-0.2, -0.15) is 0 Å². The Morgan fingerprint density at radius 2 is 2.00 bits per heavy atom. The molecule has 0 atom stereocenters. The summed E-state index contributed by atoms with van der Waals surface area (Å²) < 4.78 is 0. The lowest BCUT2D eigenvalue weighted by Gasteiger charge is -2.20. The van der Waals surface area contributed by atoms with E-state index in [0.29, 0.717) is 24.5 Å². The Labute approximate surface area is 119 Å². The normalized spacial score (nSPS) is 10.3. The van der Waals surface area contributed by atoms with Gasteiger partial charge < -0.3 is 16.0 Å². The third-order valence-corrected chi connectivity index (χ3v) is 3.99. The van der Waals surface area contributed by atoms with Crippen LogP contribution in [0.3, 0.4) is 0 Å². The van der Waals surface area contributed by atoms with Crippen LogP contribution in [0.1, 0.15) is 27.2 Å². The van der Waals surface area contributed by atoms with Crippen LogP contribution in [0.2, 0.25) is 0 Å². The van der Waals surface area contributed by atoms with Crippen molar-refractivity contribution in [2.45, 2.75) is 32.1 Å². The number of nitrogens with one attached hydrogen (secondary N) is 1. The Kier molecular flexibility index (Phi) is 6.56. The van der Waals surface area contributed by atoms with Crippen LogP contribution in [0.25, 0.3) is 0 Å². The molecule has 1 aromatic rings. The van der Waals surface area contributed by atoms with Gasteiger partial charge in [0.1, 0.15) is 0 Å². The van der Waals surface area contributed by atoms with Gasteiger partial charge >= 0.3 is 6.03 Å². The minimum atomic E-state index is -0.102. The van der Waals surface area contributed by atoms with Crippen molar-refractivity contribution in [1.82, 2.24) is 4.90 Å². The summed E-state index contributed by atoms with van der Waals surface area (Å²) in [5.74, 6) is 1.06. The average Bonchev–Trinajstić information content (AvgIpc) is 2.41. The van der Waals surface area contributed by atoms with Gasteiger partial charge in [-0.05, 0) is 44.2 Å². The third-order valence-electron chi connectivity index (χ3n) is 2.79. The van der Waals surface area contributed by atoms with Crippen LogP contribution in [0.5, 0.6) is 0 Å². The van der Waals surface area contributed by atoms with Gasteiger partial charge in [0.15, 0.2) is 0 Å². The van der Waals surface area contributed by atoms with Gasteiger partial charge in [0.25, 0.3) is 0 Å². The van der Waals surface area contributed by atoms with E-state index in [2.05, 4.69) is 12.2 Å². The summed E-state index contributed by atoms with van der Waals surface area (Å²) in [6.07, 6.45) is 1.12. The van der Waals surface area contributed by atoms with E-state index in [1.807, 2.05) is 32.0 Å². The molecular formula is C14H23N3OS. The third kappa shape index (κ3) is 4.67. The maximum Gasteiger partial charge on any atom is 0.321 e. The Morgan fingerprint density at radius 1 is 1.32 bits per heavy atom. The molecule has 0 spiro atoms. The summed E-state index contributed by atoms with van der Waals surface area (Å²) >= 11 is 1.77. The minimum Gasteiger partial charge on any atom is -0.397 e. The zero-order valence-electron chi connectivity index (χ0n) is 11.9. The molecule has 1 aromatic carbocycles. The van der Waals surface area contributed by atoms with Crippen molar-refractivity contribution in [2.75, 3.05) is 29.9 Å². The number of anilines is 2. The molecule has 3 N–H and O–H groups in total. The predicted molar refractivity (Wildman–Crippen MR) is 83.8 cm³/mol. The highest BCUT2D eigenvalue weighted by molar-refractivity contribution is 7.99. The number of urea groups is 1. The molecule has 0 aromatic heterocycles. The Balaban J connectivity index is 2.78. The molecule has 4 nitrogen and oxygen atoms in total. The fraction of sp³-hybridized carbons (Fsp3) is 0.500. The first kappa shape index (κ1) is 15.7. The smallest absolute Gasteiger partial charge is 0.321 e. The van der Waals surface area contributed by atoms with Crippen molar-refractivity contribution in [1.29, 1.82) is 0 Å². The molecule has 0 unspecified atom stereocenters.